The summed E-state index contributed by atoms with van der Waals surface area (Å²) in [7, 11) is 0. The summed E-state index contributed by atoms with van der Waals surface area (Å²) >= 11 is -3.79. The van der Waals surface area contributed by atoms with E-state index in [0.29, 0.717) is 0 Å². The van der Waals surface area contributed by atoms with Gasteiger partial charge in [-0.15, -0.1) is 0 Å². The van der Waals surface area contributed by atoms with E-state index in [1.54, 1.807) is 0 Å². The molecule has 6 heavy (non-hydrogen) atoms. The van der Waals surface area contributed by atoms with Crippen molar-refractivity contribution in [3.05, 3.63) is 0 Å². The maximum atomic E-state index is 8.84. The average molecular weight is 177 g/mol. The van der Waals surface area contributed by atoms with Crippen molar-refractivity contribution in [1.29, 1.82) is 0 Å². The van der Waals surface area contributed by atoms with Crippen LogP contribution in [-0.4, -0.2) is 11.7 Å². The van der Waals surface area contributed by atoms with Crippen LogP contribution in [-0.2, 0) is 25.4 Å². The monoisotopic (exact) mass is 176 g/mol. The van der Waals surface area contributed by atoms with E-state index >= 15 is 0 Å². The van der Waals surface area contributed by atoms with Crippen molar-refractivity contribution in [2.45, 2.75) is 0 Å². The first kappa shape index (κ1) is 9.70. The molecule has 3 N–H and O–H groups in total. The zero-order valence-electron chi connectivity index (χ0n) is 2.63. The molecule has 0 saturated heterocycles. The SMILES string of the molecule is OF.[O]=[Zr]([OH])[OH]. The van der Waals surface area contributed by atoms with Crippen molar-refractivity contribution >= 4 is 0 Å². The molecule has 0 aliphatic carbocycles. The fourth-order valence-corrected chi connectivity index (χ4v) is 0. The minimum absolute atomic E-state index is 3.79. The van der Waals surface area contributed by atoms with Gasteiger partial charge in [0.1, 0.15) is 0 Å². The van der Waals surface area contributed by atoms with Gasteiger partial charge in [0.15, 0.2) is 0 Å². The molecule has 0 radical (unpaired) electrons. The summed E-state index contributed by atoms with van der Waals surface area (Å²) in [4.78, 5) is 0. The molecule has 0 atom stereocenters. The van der Waals surface area contributed by atoms with Gasteiger partial charge in [-0.25, -0.2) is 5.31 Å². The van der Waals surface area contributed by atoms with E-state index < -0.39 is 22.6 Å². The van der Waals surface area contributed by atoms with Gasteiger partial charge in [-0.3, -0.25) is 0 Å². The summed E-state index contributed by atoms with van der Waals surface area (Å²) in [5, 5.41) is 5.50. The molecule has 0 aromatic rings. The van der Waals surface area contributed by atoms with Gasteiger partial charge in [0, 0.05) is 0 Å². The molecule has 0 aromatic carbocycles. The van der Waals surface area contributed by atoms with E-state index in [9.17, 15) is 0 Å². The van der Waals surface area contributed by atoms with Crippen molar-refractivity contribution in [2.75, 3.05) is 0 Å². The van der Waals surface area contributed by atoms with Gasteiger partial charge in [-0.2, -0.15) is 0 Å². The number of halogens is 1. The summed E-state index contributed by atoms with van der Waals surface area (Å²) in [5.41, 5.74) is 0. The Morgan fingerprint density at radius 2 is 1.33 bits per heavy atom. The maximum absolute atomic E-state index is 8.84. The van der Waals surface area contributed by atoms with E-state index in [-0.39, 0.29) is 0 Å². The molecular formula is H3FO4Zr. The molecule has 0 aliphatic heterocycles. The Kier molecular flexibility index (Phi) is 14.7. The van der Waals surface area contributed by atoms with Gasteiger partial charge in [0.25, 0.3) is 0 Å². The number of hydrogen-bond acceptors (Lipinski definition) is 2. The van der Waals surface area contributed by atoms with Crippen molar-refractivity contribution in [3.8, 4) is 0 Å². The van der Waals surface area contributed by atoms with E-state index in [0.717, 1.165) is 0 Å². The van der Waals surface area contributed by atoms with Crippen molar-refractivity contribution < 1.29 is 41.7 Å². The normalized spacial score (nSPS) is 5.33. The summed E-state index contributed by atoms with van der Waals surface area (Å²) in [6, 6.07) is 0. The Bertz CT molecular complexity index is 30.5. The molecule has 0 amide bonds. The molecule has 0 aliphatic rings. The molecule has 0 aromatic heterocycles. The van der Waals surface area contributed by atoms with Crippen LogP contribution >= 0.6 is 0 Å². The fourth-order valence-electron chi connectivity index (χ4n) is 0. The zero-order valence-corrected chi connectivity index (χ0v) is 5.09. The Hall–Kier alpha value is 0.493. The molecule has 6 heteroatoms. The van der Waals surface area contributed by atoms with Crippen LogP contribution in [0.25, 0.3) is 0 Å². The Morgan fingerprint density at radius 1 is 1.33 bits per heavy atom. The number of rotatable bonds is 0. The second-order valence-corrected chi connectivity index (χ2v) is 1.67. The third-order valence-electron chi connectivity index (χ3n) is 0. The van der Waals surface area contributed by atoms with E-state index in [1.807, 2.05) is 0 Å². The van der Waals surface area contributed by atoms with Gasteiger partial charge in [-0.05, 0) is 0 Å². The van der Waals surface area contributed by atoms with Crippen LogP contribution in [0.15, 0.2) is 0 Å². The molecule has 0 bridgehead atoms. The Labute approximate surface area is 42.1 Å². The summed E-state index contributed by atoms with van der Waals surface area (Å²) in [6.07, 6.45) is 0. The first-order valence-electron chi connectivity index (χ1n) is 0.820. The van der Waals surface area contributed by atoms with Crippen LogP contribution in [0.3, 0.4) is 0 Å². The van der Waals surface area contributed by atoms with Gasteiger partial charge < -0.3 is 0 Å². The van der Waals surface area contributed by atoms with E-state index in [1.165, 1.54) is 0 Å². The molecule has 38 valence electrons. The van der Waals surface area contributed by atoms with Crippen molar-refractivity contribution in [2.24, 2.45) is 0 Å². The molecule has 0 rings (SSSR count). The Balaban J connectivity index is 0. The predicted octanol–water partition coefficient (Wildman–Crippen LogP) is -1.37. The standard InChI is InChI=1S/FHO.2H2O.O.Zr/c1-2;;;;/h2H;2*1H2;;/q;;;;+2/p-2. The van der Waals surface area contributed by atoms with Gasteiger partial charge >= 0.3 is 31.8 Å². The molecule has 4 nitrogen and oxygen atoms in total. The van der Waals surface area contributed by atoms with E-state index in [4.69, 9.17) is 19.0 Å². The van der Waals surface area contributed by atoms with Crippen LogP contribution in [0.5, 0.6) is 0 Å². The molecule has 0 spiro atoms. The van der Waals surface area contributed by atoms with Gasteiger partial charge in [0.05, 0.1) is 0 Å². The summed E-state index contributed by atoms with van der Waals surface area (Å²) in [5.74, 6) is 0. The molecular weight excluding hydrogens is 174 g/mol. The fraction of sp³-hybridized carbons (Fsp3) is 0. The molecule has 0 fully saturated rings. The average Bonchev–Trinajstić information content (AvgIpc) is 1.41. The van der Waals surface area contributed by atoms with Crippen LogP contribution in [0.1, 0.15) is 0 Å². The van der Waals surface area contributed by atoms with Gasteiger partial charge in [0.2, 0.25) is 0 Å². The summed E-state index contributed by atoms with van der Waals surface area (Å²) < 4.78 is 31.8. The van der Waals surface area contributed by atoms with Crippen LogP contribution in [0.4, 0.5) is 4.53 Å². The van der Waals surface area contributed by atoms with Crippen LogP contribution in [0.2, 0.25) is 0 Å². The van der Waals surface area contributed by atoms with Crippen LogP contribution < -0.4 is 0 Å². The first-order chi connectivity index (χ1) is 2.73. The third kappa shape index (κ3) is 225. The predicted molar refractivity (Wildman–Crippen MR) is 8.45 cm³/mol. The zero-order chi connectivity index (χ0) is 5.58. The quantitative estimate of drug-likeness (QED) is 0.426. The molecule has 0 saturated carbocycles. The van der Waals surface area contributed by atoms with Crippen LogP contribution in [0, 0.1) is 0 Å². The Morgan fingerprint density at radius 3 is 1.33 bits per heavy atom. The third-order valence-corrected chi connectivity index (χ3v) is 0. The first-order valence-corrected chi connectivity index (χ1v) is 4.02. The minimum atomic E-state index is -3.79. The van der Waals surface area contributed by atoms with Crippen molar-refractivity contribution in [1.82, 2.24) is 0 Å². The molecule has 0 heterocycles. The number of hydrogen-bond donors (Lipinski definition) is 3. The topological polar surface area (TPSA) is 77.8 Å². The van der Waals surface area contributed by atoms with Crippen molar-refractivity contribution in [3.63, 3.8) is 0 Å². The van der Waals surface area contributed by atoms with Gasteiger partial charge in [-0.1, -0.05) is 4.53 Å². The van der Waals surface area contributed by atoms with E-state index in [2.05, 4.69) is 0 Å². The summed E-state index contributed by atoms with van der Waals surface area (Å²) in [6.45, 7) is 0. The second kappa shape index (κ2) is 9.09. The molecule has 0 unspecified atom stereocenters. The second-order valence-electron chi connectivity index (χ2n) is 0.283.